The van der Waals surface area contributed by atoms with Crippen LogP contribution in [0.3, 0.4) is 0 Å². The quantitative estimate of drug-likeness (QED) is 0.627. The highest BCUT2D eigenvalue weighted by molar-refractivity contribution is 7.98. The number of amides is 1. The molecule has 10 heteroatoms. The average molecular weight is 450 g/mol. The minimum atomic E-state index is 0.247. The van der Waals surface area contributed by atoms with Crippen LogP contribution >= 0.6 is 23.3 Å². The van der Waals surface area contributed by atoms with Gasteiger partial charge in [-0.05, 0) is 70.4 Å². The Morgan fingerprint density at radius 2 is 1.97 bits per heavy atom. The van der Waals surface area contributed by atoms with Crippen LogP contribution in [-0.4, -0.2) is 79.0 Å². The van der Waals surface area contributed by atoms with E-state index in [9.17, 15) is 4.79 Å². The summed E-state index contributed by atoms with van der Waals surface area (Å²) in [5.74, 6) is 2.11. The smallest absolute Gasteiger partial charge is 0.236 e. The average Bonchev–Trinajstić information content (AvgIpc) is 3.44. The van der Waals surface area contributed by atoms with Crippen molar-refractivity contribution in [2.45, 2.75) is 62.6 Å². The second kappa shape index (κ2) is 9.74. The molecule has 164 valence electrons. The van der Waals surface area contributed by atoms with Crippen molar-refractivity contribution in [3.05, 3.63) is 16.9 Å². The number of aromatic nitrogens is 5. The number of piperidine rings is 2. The lowest BCUT2D eigenvalue weighted by Crippen LogP contribution is -2.46. The molecule has 2 aromatic rings. The Labute approximate surface area is 186 Å². The van der Waals surface area contributed by atoms with Gasteiger partial charge in [0.15, 0.2) is 5.16 Å². The third-order valence-electron chi connectivity index (χ3n) is 6.27. The van der Waals surface area contributed by atoms with E-state index < -0.39 is 0 Å². The fourth-order valence-corrected chi connectivity index (χ4v) is 5.79. The molecule has 2 fully saturated rings. The maximum atomic E-state index is 12.9. The Morgan fingerprint density at radius 1 is 1.17 bits per heavy atom. The number of thioether (sulfide) groups is 1. The van der Waals surface area contributed by atoms with E-state index >= 15 is 0 Å². The first-order chi connectivity index (χ1) is 14.6. The monoisotopic (exact) mass is 449 g/mol. The number of likely N-dealkylation sites (tertiary alicyclic amines) is 2. The van der Waals surface area contributed by atoms with E-state index in [1.807, 2.05) is 10.3 Å². The zero-order chi connectivity index (χ0) is 21.1. The van der Waals surface area contributed by atoms with Crippen molar-refractivity contribution in [1.82, 2.24) is 34.2 Å². The van der Waals surface area contributed by atoms with Gasteiger partial charge in [-0.3, -0.25) is 9.69 Å². The van der Waals surface area contributed by atoms with Crippen LogP contribution in [0.25, 0.3) is 0 Å². The summed E-state index contributed by atoms with van der Waals surface area (Å²) in [6, 6.07) is 0.358. The van der Waals surface area contributed by atoms with E-state index in [2.05, 4.69) is 49.4 Å². The molecule has 0 unspecified atom stereocenters. The molecule has 0 spiro atoms. The van der Waals surface area contributed by atoms with E-state index in [0.29, 0.717) is 24.4 Å². The van der Waals surface area contributed by atoms with Gasteiger partial charge in [0.1, 0.15) is 5.82 Å². The Hall–Kier alpha value is -1.52. The number of hydrogen-bond acceptors (Lipinski definition) is 8. The van der Waals surface area contributed by atoms with Crippen molar-refractivity contribution < 1.29 is 4.79 Å². The Bertz CT molecular complexity index is 830. The van der Waals surface area contributed by atoms with Gasteiger partial charge in [0.25, 0.3) is 0 Å². The summed E-state index contributed by atoms with van der Waals surface area (Å²) in [7, 11) is 0. The fraction of sp³-hybridized carbons (Fsp3) is 0.750. The predicted molar refractivity (Wildman–Crippen MR) is 119 cm³/mol. The molecule has 2 aliphatic rings. The zero-order valence-corrected chi connectivity index (χ0v) is 19.7. The molecule has 1 amide bonds. The summed E-state index contributed by atoms with van der Waals surface area (Å²) in [6.07, 6.45) is 6.24. The van der Waals surface area contributed by atoms with Crippen LogP contribution in [0, 0.1) is 0 Å². The molecule has 0 saturated carbocycles. The number of rotatable bonds is 6. The zero-order valence-electron chi connectivity index (χ0n) is 18.0. The summed E-state index contributed by atoms with van der Waals surface area (Å²) in [5, 5.41) is 16.1. The third kappa shape index (κ3) is 4.70. The number of carbonyl (C=O) groups excluding carboxylic acids is 1. The van der Waals surface area contributed by atoms with Crippen LogP contribution in [0.4, 0.5) is 0 Å². The summed E-state index contributed by atoms with van der Waals surface area (Å²) in [5.41, 5.74) is 1.04. The van der Waals surface area contributed by atoms with Crippen LogP contribution in [0.15, 0.2) is 10.5 Å². The van der Waals surface area contributed by atoms with Gasteiger partial charge in [0.05, 0.1) is 12.2 Å². The molecule has 0 aromatic carbocycles. The molecule has 2 aromatic heterocycles. The van der Waals surface area contributed by atoms with Gasteiger partial charge in [-0.1, -0.05) is 16.3 Å². The van der Waals surface area contributed by atoms with Crippen molar-refractivity contribution in [2.24, 2.45) is 0 Å². The van der Waals surface area contributed by atoms with Crippen molar-refractivity contribution in [3.8, 4) is 0 Å². The first-order valence-electron chi connectivity index (χ1n) is 10.8. The van der Waals surface area contributed by atoms with E-state index in [0.717, 1.165) is 68.5 Å². The number of nitrogens with zero attached hydrogens (tertiary/aromatic N) is 7. The van der Waals surface area contributed by atoms with Crippen LogP contribution in [0.2, 0.25) is 0 Å². The molecule has 0 N–H and O–H groups in total. The molecule has 0 aliphatic carbocycles. The summed E-state index contributed by atoms with van der Waals surface area (Å²) < 4.78 is 6.26. The van der Waals surface area contributed by atoms with Gasteiger partial charge < -0.3 is 9.47 Å². The van der Waals surface area contributed by atoms with Gasteiger partial charge in [0.2, 0.25) is 5.91 Å². The Morgan fingerprint density at radius 3 is 2.63 bits per heavy atom. The van der Waals surface area contributed by atoms with Gasteiger partial charge in [0, 0.05) is 36.3 Å². The third-order valence-corrected chi connectivity index (χ3v) is 7.44. The standard InChI is InChI=1S/C20H31N7OS2/c1-14(2)27-19(22-23-20(27)29-3)15-6-9-25(10-7-15)12-18(28)26-8-4-5-16(11-26)17-13-30-24-21-17/h13-16H,4-12H2,1-3H3/t16-/m0/s1. The molecule has 30 heavy (non-hydrogen) atoms. The molecule has 4 rings (SSSR count). The molecule has 1 atom stereocenters. The topological polar surface area (TPSA) is 80.0 Å². The lowest BCUT2D eigenvalue weighted by molar-refractivity contribution is -0.133. The molecular formula is C20H31N7OS2. The molecule has 0 bridgehead atoms. The first kappa shape index (κ1) is 21.7. The number of carbonyl (C=O) groups is 1. The van der Waals surface area contributed by atoms with Crippen molar-refractivity contribution in [3.63, 3.8) is 0 Å². The second-order valence-corrected chi connectivity index (χ2v) is 9.95. The second-order valence-electron chi connectivity index (χ2n) is 8.57. The highest BCUT2D eigenvalue weighted by Gasteiger charge is 2.30. The molecule has 2 saturated heterocycles. The highest BCUT2D eigenvalue weighted by Crippen LogP contribution is 2.31. The largest absolute Gasteiger partial charge is 0.341 e. The van der Waals surface area contributed by atoms with Crippen LogP contribution in [0.5, 0.6) is 0 Å². The van der Waals surface area contributed by atoms with Crippen LogP contribution < -0.4 is 0 Å². The van der Waals surface area contributed by atoms with Crippen molar-refractivity contribution in [1.29, 1.82) is 0 Å². The van der Waals surface area contributed by atoms with Crippen molar-refractivity contribution >= 4 is 29.2 Å². The van der Waals surface area contributed by atoms with Crippen LogP contribution in [-0.2, 0) is 4.79 Å². The maximum absolute atomic E-state index is 12.9. The number of hydrogen-bond donors (Lipinski definition) is 0. The lowest BCUT2D eigenvalue weighted by Gasteiger charge is -2.35. The minimum absolute atomic E-state index is 0.247. The normalized spacial score (nSPS) is 21.5. The fourth-order valence-electron chi connectivity index (χ4n) is 4.63. The minimum Gasteiger partial charge on any atom is -0.341 e. The molecule has 8 nitrogen and oxygen atoms in total. The van der Waals surface area contributed by atoms with E-state index in [1.165, 1.54) is 11.5 Å². The maximum Gasteiger partial charge on any atom is 0.236 e. The van der Waals surface area contributed by atoms with Crippen LogP contribution in [0.1, 0.15) is 68.9 Å². The molecule has 0 radical (unpaired) electrons. The van der Waals surface area contributed by atoms with Gasteiger partial charge in [-0.2, -0.15) is 0 Å². The van der Waals surface area contributed by atoms with Gasteiger partial charge >= 0.3 is 0 Å². The molecule has 4 heterocycles. The van der Waals surface area contributed by atoms with Gasteiger partial charge in [-0.25, -0.2) is 0 Å². The molecular weight excluding hydrogens is 418 g/mol. The predicted octanol–water partition coefficient (Wildman–Crippen LogP) is 3.02. The summed E-state index contributed by atoms with van der Waals surface area (Å²) in [4.78, 5) is 17.3. The van der Waals surface area contributed by atoms with Gasteiger partial charge in [-0.15, -0.1) is 15.3 Å². The summed E-state index contributed by atoms with van der Waals surface area (Å²) >= 11 is 3.04. The lowest BCUT2D eigenvalue weighted by atomic mass is 9.94. The van der Waals surface area contributed by atoms with E-state index in [4.69, 9.17) is 0 Å². The Kier molecular flexibility index (Phi) is 7.05. The first-order valence-corrected chi connectivity index (χ1v) is 12.9. The van der Waals surface area contributed by atoms with Crippen molar-refractivity contribution in [2.75, 3.05) is 39.0 Å². The molecule has 2 aliphatic heterocycles. The summed E-state index contributed by atoms with van der Waals surface area (Å²) in [6.45, 7) is 8.39. The SMILES string of the molecule is CSc1nnc(C2CCN(CC(=O)N3CCC[C@H](c4csnn4)C3)CC2)n1C(C)C. The highest BCUT2D eigenvalue weighted by atomic mass is 32.2. The van der Waals surface area contributed by atoms with E-state index in [-0.39, 0.29) is 5.91 Å². The Balaban J connectivity index is 1.31. The van der Waals surface area contributed by atoms with E-state index in [1.54, 1.807) is 11.8 Å².